The Morgan fingerprint density at radius 3 is 2.69 bits per heavy atom. The van der Waals surface area contributed by atoms with E-state index >= 15 is 0 Å². The summed E-state index contributed by atoms with van der Waals surface area (Å²) in [5, 5.41) is 4.80. The number of hydrogen-bond acceptors (Lipinski definition) is 1. The molecule has 1 aromatic heterocycles. The Kier molecular flexibility index (Phi) is 5.84. The van der Waals surface area contributed by atoms with Gasteiger partial charge in [0.05, 0.1) is 15.9 Å². The monoisotopic (exact) mass is 306 g/mol. The first-order chi connectivity index (χ1) is 7.60. The lowest BCUT2D eigenvalue weighted by molar-refractivity contribution is 0.589. The van der Waals surface area contributed by atoms with E-state index in [9.17, 15) is 0 Å². The van der Waals surface area contributed by atoms with Crippen molar-refractivity contribution in [2.75, 3.05) is 0 Å². The molecule has 0 aromatic carbocycles. The molecule has 0 bridgehead atoms. The molecule has 1 heterocycles. The van der Waals surface area contributed by atoms with Crippen molar-refractivity contribution in [1.82, 2.24) is 9.78 Å². The molecule has 0 radical (unpaired) electrons. The Morgan fingerprint density at radius 2 is 2.12 bits per heavy atom. The van der Waals surface area contributed by atoms with Gasteiger partial charge in [-0.3, -0.25) is 4.68 Å². The molecule has 0 saturated carbocycles. The minimum atomic E-state index is 0.317. The predicted molar refractivity (Wildman–Crippen MR) is 73.2 cm³/mol. The molecule has 1 atom stereocenters. The summed E-state index contributed by atoms with van der Waals surface area (Å²) in [7, 11) is 0. The van der Waals surface area contributed by atoms with E-state index in [1.165, 1.54) is 5.69 Å². The van der Waals surface area contributed by atoms with E-state index in [-0.39, 0.29) is 0 Å². The summed E-state index contributed by atoms with van der Waals surface area (Å²) in [6.45, 7) is 7.22. The van der Waals surface area contributed by atoms with E-state index in [2.05, 4.69) is 39.6 Å². The van der Waals surface area contributed by atoms with Gasteiger partial charge < -0.3 is 0 Å². The van der Waals surface area contributed by atoms with Crippen LogP contribution in [0, 0.1) is 6.92 Å². The number of hydrogen-bond donors (Lipinski definition) is 0. The Labute approximate surface area is 111 Å². The van der Waals surface area contributed by atoms with Crippen molar-refractivity contribution in [3.8, 4) is 0 Å². The van der Waals surface area contributed by atoms with Gasteiger partial charge in [-0.2, -0.15) is 5.10 Å². The number of halogens is 2. The van der Waals surface area contributed by atoms with Crippen molar-refractivity contribution in [3.63, 3.8) is 0 Å². The fourth-order valence-electron chi connectivity index (χ4n) is 1.80. The van der Waals surface area contributed by atoms with Crippen LogP contribution >= 0.6 is 27.5 Å². The summed E-state index contributed by atoms with van der Waals surface area (Å²) in [6, 6.07) is 0. The van der Waals surface area contributed by atoms with Crippen LogP contribution in [0.1, 0.15) is 44.5 Å². The zero-order valence-electron chi connectivity index (χ0n) is 10.3. The SMILES string of the molecule is CCC(Cl)CCCc1c(Br)c(C)nn1CC. The van der Waals surface area contributed by atoms with Gasteiger partial charge in [0.2, 0.25) is 0 Å². The molecular formula is C12H20BrClN2. The highest BCUT2D eigenvalue weighted by Gasteiger charge is 2.12. The van der Waals surface area contributed by atoms with Gasteiger partial charge in [-0.1, -0.05) is 6.92 Å². The maximum atomic E-state index is 6.12. The summed E-state index contributed by atoms with van der Waals surface area (Å²) in [5.41, 5.74) is 2.38. The molecule has 1 unspecified atom stereocenters. The van der Waals surface area contributed by atoms with Crippen LogP contribution in [0.15, 0.2) is 4.47 Å². The Balaban J connectivity index is 2.59. The fourth-order valence-corrected chi connectivity index (χ4v) is 2.44. The standard InChI is InChI=1S/C12H20BrClN2/c1-4-10(14)7-6-8-11-12(13)9(3)15-16(11)5-2/h10H,4-8H2,1-3H3. The van der Waals surface area contributed by atoms with Gasteiger partial charge in [0.15, 0.2) is 0 Å². The molecule has 0 aliphatic rings. The highest BCUT2D eigenvalue weighted by atomic mass is 79.9. The smallest absolute Gasteiger partial charge is 0.0738 e. The molecule has 0 aliphatic heterocycles. The minimum Gasteiger partial charge on any atom is -0.268 e. The van der Waals surface area contributed by atoms with Crippen molar-refractivity contribution in [2.45, 2.75) is 58.4 Å². The highest BCUT2D eigenvalue weighted by Crippen LogP contribution is 2.23. The zero-order valence-corrected chi connectivity index (χ0v) is 12.6. The van der Waals surface area contributed by atoms with E-state index in [0.29, 0.717) is 5.38 Å². The van der Waals surface area contributed by atoms with Gasteiger partial charge in [-0.25, -0.2) is 0 Å². The first kappa shape index (κ1) is 14.0. The molecule has 0 saturated heterocycles. The lowest BCUT2D eigenvalue weighted by atomic mass is 10.1. The van der Waals surface area contributed by atoms with Crippen LogP contribution < -0.4 is 0 Å². The maximum absolute atomic E-state index is 6.12. The Morgan fingerprint density at radius 1 is 1.44 bits per heavy atom. The van der Waals surface area contributed by atoms with Crippen molar-refractivity contribution >= 4 is 27.5 Å². The van der Waals surface area contributed by atoms with E-state index in [1.54, 1.807) is 0 Å². The van der Waals surface area contributed by atoms with E-state index in [0.717, 1.165) is 42.4 Å². The van der Waals surface area contributed by atoms with E-state index in [1.807, 2.05) is 6.92 Å². The van der Waals surface area contributed by atoms with Gasteiger partial charge in [-0.05, 0) is 55.5 Å². The Bertz CT molecular complexity index is 336. The van der Waals surface area contributed by atoms with Gasteiger partial charge in [0.25, 0.3) is 0 Å². The molecule has 0 spiro atoms. The third-order valence-electron chi connectivity index (χ3n) is 2.83. The molecule has 0 aliphatic carbocycles. The largest absolute Gasteiger partial charge is 0.268 e. The van der Waals surface area contributed by atoms with E-state index in [4.69, 9.17) is 11.6 Å². The second kappa shape index (κ2) is 6.65. The lowest BCUT2D eigenvalue weighted by Crippen LogP contribution is -2.04. The van der Waals surface area contributed by atoms with Crippen LogP contribution in [0.2, 0.25) is 0 Å². The summed E-state index contributed by atoms with van der Waals surface area (Å²) in [4.78, 5) is 0. The summed E-state index contributed by atoms with van der Waals surface area (Å²) < 4.78 is 3.24. The molecule has 2 nitrogen and oxygen atoms in total. The number of aryl methyl sites for hydroxylation is 2. The van der Waals surface area contributed by atoms with Gasteiger partial charge >= 0.3 is 0 Å². The van der Waals surface area contributed by atoms with Crippen molar-refractivity contribution < 1.29 is 0 Å². The second-order valence-corrected chi connectivity index (χ2v) is 5.47. The lowest BCUT2D eigenvalue weighted by Gasteiger charge is -2.08. The van der Waals surface area contributed by atoms with Gasteiger partial charge in [0.1, 0.15) is 0 Å². The minimum absolute atomic E-state index is 0.317. The number of rotatable bonds is 6. The van der Waals surface area contributed by atoms with Gasteiger partial charge in [-0.15, -0.1) is 11.6 Å². The maximum Gasteiger partial charge on any atom is 0.0738 e. The second-order valence-electron chi connectivity index (χ2n) is 4.06. The first-order valence-corrected chi connectivity index (χ1v) is 7.18. The van der Waals surface area contributed by atoms with E-state index < -0.39 is 0 Å². The average molecular weight is 308 g/mol. The zero-order chi connectivity index (χ0) is 12.1. The molecule has 1 rings (SSSR count). The molecule has 92 valence electrons. The van der Waals surface area contributed by atoms with Crippen molar-refractivity contribution in [3.05, 3.63) is 15.9 Å². The van der Waals surface area contributed by atoms with Crippen LogP contribution in [0.5, 0.6) is 0 Å². The first-order valence-electron chi connectivity index (χ1n) is 5.95. The van der Waals surface area contributed by atoms with Crippen molar-refractivity contribution in [2.24, 2.45) is 0 Å². The number of alkyl halides is 1. The summed E-state index contributed by atoms with van der Waals surface area (Å²) in [6.07, 6.45) is 4.32. The van der Waals surface area contributed by atoms with Crippen LogP contribution in [0.3, 0.4) is 0 Å². The molecule has 4 heteroatoms. The third-order valence-corrected chi connectivity index (χ3v) is 4.39. The fraction of sp³-hybridized carbons (Fsp3) is 0.750. The molecule has 0 amide bonds. The van der Waals surface area contributed by atoms with Crippen LogP contribution in [-0.2, 0) is 13.0 Å². The average Bonchev–Trinajstić information content (AvgIpc) is 2.56. The summed E-state index contributed by atoms with van der Waals surface area (Å²) in [5.74, 6) is 0. The molecule has 0 N–H and O–H groups in total. The van der Waals surface area contributed by atoms with Crippen LogP contribution in [-0.4, -0.2) is 15.2 Å². The quantitative estimate of drug-likeness (QED) is 0.716. The molecular weight excluding hydrogens is 288 g/mol. The van der Waals surface area contributed by atoms with Crippen LogP contribution in [0.25, 0.3) is 0 Å². The third kappa shape index (κ3) is 3.49. The molecule has 0 fully saturated rings. The van der Waals surface area contributed by atoms with Gasteiger partial charge in [0, 0.05) is 11.9 Å². The molecule has 1 aromatic rings. The number of aromatic nitrogens is 2. The normalized spacial score (nSPS) is 13.1. The van der Waals surface area contributed by atoms with Crippen LogP contribution in [0.4, 0.5) is 0 Å². The predicted octanol–water partition coefficient (Wildman–Crippen LogP) is 4.31. The topological polar surface area (TPSA) is 17.8 Å². The Hall–Kier alpha value is -0.0200. The molecule has 16 heavy (non-hydrogen) atoms. The summed E-state index contributed by atoms with van der Waals surface area (Å²) >= 11 is 9.73. The number of nitrogens with zero attached hydrogens (tertiary/aromatic N) is 2. The van der Waals surface area contributed by atoms with Crippen molar-refractivity contribution in [1.29, 1.82) is 0 Å². The highest BCUT2D eigenvalue weighted by molar-refractivity contribution is 9.10.